The van der Waals surface area contributed by atoms with Gasteiger partial charge in [-0.25, -0.2) is 4.98 Å². The Morgan fingerprint density at radius 2 is 2.33 bits per heavy atom. The molecule has 0 saturated heterocycles. The number of allylic oxidation sites excluding steroid dienone is 2. The number of hydrogen-bond donors (Lipinski definition) is 0. The molecule has 0 aliphatic rings. The lowest BCUT2D eigenvalue weighted by Crippen LogP contribution is -2.02. The molecular formula is C10H16N2. The predicted molar refractivity (Wildman–Crippen MR) is 51.1 cm³/mol. The summed E-state index contributed by atoms with van der Waals surface area (Å²) in [6, 6.07) is 0. The van der Waals surface area contributed by atoms with Gasteiger partial charge in [0.25, 0.3) is 0 Å². The molecule has 0 aliphatic heterocycles. The van der Waals surface area contributed by atoms with Gasteiger partial charge in [0.1, 0.15) is 5.82 Å². The van der Waals surface area contributed by atoms with Gasteiger partial charge < -0.3 is 4.57 Å². The Morgan fingerprint density at radius 1 is 1.58 bits per heavy atom. The molecular weight excluding hydrogens is 148 g/mol. The second kappa shape index (κ2) is 4.10. The van der Waals surface area contributed by atoms with Crippen LogP contribution in [0.4, 0.5) is 0 Å². The predicted octanol–water partition coefficient (Wildman–Crippen LogP) is 2.58. The molecule has 12 heavy (non-hydrogen) atoms. The van der Waals surface area contributed by atoms with Gasteiger partial charge in [-0.05, 0) is 6.92 Å². The van der Waals surface area contributed by atoms with Crippen LogP contribution in [0.3, 0.4) is 0 Å². The summed E-state index contributed by atoms with van der Waals surface area (Å²) < 4.78 is 2.17. The highest BCUT2D eigenvalue weighted by molar-refractivity contribution is 4.99. The Labute approximate surface area is 73.9 Å². The van der Waals surface area contributed by atoms with E-state index in [-0.39, 0.29) is 0 Å². The number of aromatic nitrogens is 2. The van der Waals surface area contributed by atoms with Crippen LogP contribution in [-0.2, 0) is 6.54 Å². The van der Waals surface area contributed by atoms with Crippen molar-refractivity contribution in [2.24, 2.45) is 0 Å². The Bertz CT molecular complexity index is 259. The lowest BCUT2D eigenvalue weighted by Gasteiger charge is -2.06. The molecule has 0 aromatic carbocycles. The van der Waals surface area contributed by atoms with E-state index in [0.29, 0.717) is 5.92 Å². The van der Waals surface area contributed by atoms with Gasteiger partial charge in [0.2, 0.25) is 0 Å². The van der Waals surface area contributed by atoms with Crippen LogP contribution < -0.4 is 0 Å². The van der Waals surface area contributed by atoms with Crippen molar-refractivity contribution in [2.45, 2.75) is 33.2 Å². The fraction of sp³-hybridized carbons (Fsp3) is 0.500. The summed E-state index contributed by atoms with van der Waals surface area (Å²) in [4.78, 5) is 4.30. The molecule has 66 valence electrons. The van der Waals surface area contributed by atoms with Gasteiger partial charge in [0.15, 0.2) is 0 Å². The van der Waals surface area contributed by atoms with Crippen LogP contribution in [0, 0.1) is 0 Å². The van der Waals surface area contributed by atoms with E-state index < -0.39 is 0 Å². The largest absolute Gasteiger partial charge is 0.331 e. The van der Waals surface area contributed by atoms with Gasteiger partial charge in [-0.15, -0.1) is 0 Å². The molecule has 0 radical (unpaired) electrons. The first-order valence-corrected chi connectivity index (χ1v) is 4.38. The van der Waals surface area contributed by atoms with Gasteiger partial charge >= 0.3 is 0 Å². The first-order chi connectivity index (χ1) is 5.75. The Morgan fingerprint density at radius 3 is 2.92 bits per heavy atom. The third kappa shape index (κ3) is 1.97. The summed E-state index contributed by atoms with van der Waals surface area (Å²) in [5, 5.41) is 0. The van der Waals surface area contributed by atoms with Crippen molar-refractivity contribution < 1.29 is 0 Å². The minimum atomic E-state index is 0.505. The van der Waals surface area contributed by atoms with E-state index in [1.807, 2.05) is 19.3 Å². The maximum Gasteiger partial charge on any atom is 0.111 e. The van der Waals surface area contributed by atoms with Gasteiger partial charge in [0, 0.05) is 24.9 Å². The van der Waals surface area contributed by atoms with Crippen LogP contribution in [0.25, 0.3) is 0 Å². The zero-order chi connectivity index (χ0) is 8.97. The van der Waals surface area contributed by atoms with Crippen molar-refractivity contribution in [3.8, 4) is 0 Å². The normalized spacial score (nSPS) is 11.7. The Kier molecular flexibility index (Phi) is 3.09. The van der Waals surface area contributed by atoms with Crippen LogP contribution in [0.15, 0.2) is 24.5 Å². The van der Waals surface area contributed by atoms with Gasteiger partial charge in [0.05, 0.1) is 0 Å². The monoisotopic (exact) mass is 164 g/mol. The summed E-state index contributed by atoms with van der Waals surface area (Å²) >= 11 is 0. The van der Waals surface area contributed by atoms with E-state index in [9.17, 15) is 0 Å². The SMILES string of the molecule is CC=CCn1ccnc1C(C)C. The molecule has 0 unspecified atom stereocenters. The van der Waals surface area contributed by atoms with Crippen molar-refractivity contribution >= 4 is 0 Å². The number of nitrogens with zero attached hydrogens (tertiary/aromatic N) is 2. The van der Waals surface area contributed by atoms with Crippen LogP contribution >= 0.6 is 0 Å². The molecule has 2 nitrogen and oxygen atoms in total. The number of imidazole rings is 1. The summed E-state index contributed by atoms with van der Waals surface area (Å²) in [5.74, 6) is 1.67. The van der Waals surface area contributed by atoms with E-state index in [1.165, 1.54) is 0 Å². The second-order valence-electron chi connectivity index (χ2n) is 3.16. The molecule has 0 N–H and O–H groups in total. The standard InChI is InChI=1S/C10H16N2/c1-4-5-7-12-8-6-11-10(12)9(2)3/h4-6,8-9H,7H2,1-3H3. The molecule has 0 atom stereocenters. The van der Waals surface area contributed by atoms with E-state index >= 15 is 0 Å². The molecule has 0 saturated carbocycles. The Hall–Kier alpha value is -1.05. The molecule has 1 aromatic heterocycles. The first kappa shape index (κ1) is 9.04. The average Bonchev–Trinajstić information content (AvgIpc) is 2.48. The number of rotatable bonds is 3. The van der Waals surface area contributed by atoms with Crippen molar-refractivity contribution in [3.63, 3.8) is 0 Å². The molecule has 0 amide bonds. The second-order valence-corrected chi connectivity index (χ2v) is 3.16. The first-order valence-electron chi connectivity index (χ1n) is 4.38. The number of hydrogen-bond acceptors (Lipinski definition) is 1. The molecule has 1 aromatic rings. The minimum absolute atomic E-state index is 0.505. The van der Waals surface area contributed by atoms with Crippen molar-refractivity contribution in [2.75, 3.05) is 0 Å². The van der Waals surface area contributed by atoms with Crippen LogP contribution in [0.1, 0.15) is 32.5 Å². The summed E-state index contributed by atoms with van der Waals surface area (Å²) in [7, 11) is 0. The average molecular weight is 164 g/mol. The molecule has 1 heterocycles. The van der Waals surface area contributed by atoms with Crippen LogP contribution in [-0.4, -0.2) is 9.55 Å². The third-order valence-electron chi connectivity index (χ3n) is 1.80. The van der Waals surface area contributed by atoms with E-state index in [1.54, 1.807) is 0 Å². The Balaban J connectivity index is 2.77. The van der Waals surface area contributed by atoms with Crippen molar-refractivity contribution in [1.29, 1.82) is 0 Å². The molecule has 0 aliphatic carbocycles. The van der Waals surface area contributed by atoms with Gasteiger partial charge in [-0.2, -0.15) is 0 Å². The summed E-state index contributed by atoms with van der Waals surface area (Å²) in [6.07, 6.45) is 8.08. The maximum atomic E-state index is 4.30. The van der Waals surface area contributed by atoms with Crippen molar-refractivity contribution in [1.82, 2.24) is 9.55 Å². The topological polar surface area (TPSA) is 17.8 Å². The van der Waals surface area contributed by atoms with E-state index in [2.05, 4.69) is 35.6 Å². The molecule has 0 bridgehead atoms. The van der Waals surface area contributed by atoms with E-state index in [0.717, 1.165) is 12.4 Å². The molecule has 0 fully saturated rings. The van der Waals surface area contributed by atoms with E-state index in [4.69, 9.17) is 0 Å². The fourth-order valence-corrected chi connectivity index (χ4v) is 1.19. The highest BCUT2D eigenvalue weighted by atomic mass is 15.1. The highest BCUT2D eigenvalue weighted by Crippen LogP contribution is 2.11. The summed E-state index contributed by atoms with van der Waals surface area (Å²) in [5.41, 5.74) is 0. The quantitative estimate of drug-likeness (QED) is 0.628. The zero-order valence-corrected chi connectivity index (χ0v) is 7.99. The maximum absolute atomic E-state index is 4.30. The lowest BCUT2D eigenvalue weighted by atomic mass is 10.2. The molecule has 2 heteroatoms. The van der Waals surface area contributed by atoms with Crippen molar-refractivity contribution in [3.05, 3.63) is 30.4 Å². The van der Waals surface area contributed by atoms with Gasteiger partial charge in [-0.3, -0.25) is 0 Å². The van der Waals surface area contributed by atoms with Crippen LogP contribution in [0.2, 0.25) is 0 Å². The molecule has 1 rings (SSSR count). The van der Waals surface area contributed by atoms with Gasteiger partial charge in [-0.1, -0.05) is 26.0 Å². The fourth-order valence-electron chi connectivity index (χ4n) is 1.19. The molecule has 0 spiro atoms. The smallest absolute Gasteiger partial charge is 0.111 e. The highest BCUT2D eigenvalue weighted by Gasteiger charge is 2.04. The zero-order valence-electron chi connectivity index (χ0n) is 7.99. The lowest BCUT2D eigenvalue weighted by molar-refractivity contribution is 0.678. The van der Waals surface area contributed by atoms with Crippen LogP contribution in [0.5, 0.6) is 0 Å². The third-order valence-corrected chi connectivity index (χ3v) is 1.80. The summed E-state index contributed by atoms with van der Waals surface area (Å²) in [6.45, 7) is 7.29. The minimum Gasteiger partial charge on any atom is -0.331 e.